The SMILES string of the molecule is Cc1nn(CC(C)C)c(C)c1CC(=O)NCC1(C(=O)O)CCCCC1. The van der Waals surface area contributed by atoms with Crippen LogP contribution in [0.5, 0.6) is 0 Å². The maximum absolute atomic E-state index is 12.4. The fourth-order valence-electron chi connectivity index (χ4n) is 3.70. The predicted octanol–water partition coefficient (Wildman–Crippen LogP) is 2.85. The van der Waals surface area contributed by atoms with E-state index in [1.165, 1.54) is 0 Å². The second-order valence-electron chi connectivity index (χ2n) is 7.82. The van der Waals surface area contributed by atoms with Gasteiger partial charge in [-0.15, -0.1) is 0 Å². The molecule has 6 nitrogen and oxygen atoms in total. The predicted molar refractivity (Wildman–Crippen MR) is 96.4 cm³/mol. The Kier molecular flexibility index (Phi) is 6.25. The van der Waals surface area contributed by atoms with Gasteiger partial charge in [0.25, 0.3) is 0 Å². The number of carboxylic acid groups (broad SMARTS) is 1. The molecule has 0 aromatic carbocycles. The maximum Gasteiger partial charge on any atom is 0.311 e. The van der Waals surface area contributed by atoms with Crippen LogP contribution in [0.25, 0.3) is 0 Å². The molecule has 0 spiro atoms. The Labute approximate surface area is 150 Å². The summed E-state index contributed by atoms with van der Waals surface area (Å²) >= 11 is 0. The van der Waals surface area contributed by atoms with Crippen molar-refractivity contribution in [2.24, 2.45) is 11.3 Å². The molecule has 2 rings (SSSR count). The van der Waals surface area contributed by atoms with E-state index in [1.807, 2.05) is 18.5 Å². The quantitative estimate of drug-likeness (QED) is 0.793. The molecule has 1 aliphatic carbocycles. The first kappa shape index (κ1) is 19.5. The molecule has 6 heteroatoms. The molecule has 2 N–H and O–H groups in total. The van der Waals surface area contributed by atoms with E-state index >= 15 is 0 Å². The molecular weight excluding hydrogens is 318 g/mol. The summed E-state index contributed by atoms with van der Waals surface area (Å²) in [6, 6.07) is 0. The lowest BCUT2D eigenvalue weighted by molar-refractivity contribution is -0.151. The number of rotatable bonds is 7. The molecule has 1 saturated carbocycles. The monoisotopic (exact) mass is 349 g/mol. The van der Waals surface area contributed by atoms with Gasteiger partial charge < -0.3 is 10.4 Å². The lowest BCUT2D eigenvalue weighted by Gasteiger charge is -2.33. The molecule has 1 fully saturated rings. The minimum atomic E-state index is -0.792. The molecule has 0 atom stereocenters. The van der Waals surface area contributed by atoms with Crippen molar-refractivity contribution in [2.75, 3.05) is 6.54 Å². The molecule has 0 unspecified atom stereocenters. The summed E-state index contributed by atoms with van der Waals surface area (Å²) in [6.45, 7) is 9.24. The van der Waals surface area contributed by atoms with Crippen molar-refractivity contribution in [2.45, 2.75) is 72.8 Å². The number of nitrogens with one attached hydrogen (secondary N) is 1. The zero-order valence-electron chi connectivity index (χ0n) is 15.9. The van der Waals surface area contributed by atoms with Crippen molar-refractivity contribution in [3.05, 3.63) is 17.0 Å². The highest BCUT2D eigenvalue weighted by molar-refractivity contribution is 5.81. The van der Waals surface area contributed by atoms with Gasteiger partial charge in [-0.3, -0.25) is 14.3 Å². The highest BCUT2D eigenvalue weighted by Crippen LogP contribution is 2.36. The van der Waals surface area contributed by atoms with Crippen LogP contribution >= 0.6 is 0 Å². The van der Waals surface area contributed by atoms with Crippen molar-refractivity contribution < 1.29 is 14.7 Å². The zero-order chi connectivity index (χ0) is 18.6. The summed E-state index contributed by atoms with van der Waals surface area (Å²) in [5.41, 5.74) is 2.05. The van der Waals surface area contributed by atoms with Crippen LogP contribution in [0.3, 0.4) is 0 Å². The molecule has 0 saturated heterocycles. The number of hydrogen-bond acceptors (Lipinski definition) is 3. The first-order valence-corrected chi connectivity index (χ1v) is 9.28. The lowest BCUT2D eigenvalue weighted by atomic mass is 9.74. The Bertz CT molecular complexity index is 628. The van der Waals surface area contributed by atoms with Gasteiger partial charge in [-0.1, -0.05) is 33.1 Å². The van der Waals surface area contributed by atoms with Crippen molar-refractivity contribution >= 4 is 11.9 Å². The highest BCUT2D eigenvalue weighted by Gasteiger charge is 2.39. The minimum absolute atomic E-state index is 0.124. The summed E-state index contributed by atoms with van der Waals surface area (Å²) in [6.07, 6.45) is 4.46. The maximum atomic E-state index is 12.4. The minimum Gasteiger partial charge on any atom is -0.481 e. The van der Waals surface area contributed by atoms with Gasteiger partial charge >= 0.3 is 5.97 Å². The number of carboxylic acids is 1. The van der Waals surface area contributed by atoms with Gasteiger partial charge in [-0.2, -0.15) is 5.10 Å². The Morgan fingerprint density at radius 1 is 1.24 bits per heavy atom. The van der Waals surface area contributed by atoms with E-state index in [-0.39, 0.29) is 18.9 Å². The summed E-state index contributed by atoms with van der Waals surface area (Å²) in [5.74, 6) is -0.424. The van der Waals surface area contributed by atoms with Gasteiger partial charge in [0, 0.05) is 24.3 Å². The van der Waals surface area contributed by atoms with Gasteiger partial charge in [-0.05, 0) is 32.6 Å². The summed E-state index contributed by atoms with van der Waals surface area (Å²) in [7, 11) is 0. The Morgan fingerprint density at radius 3 is 2.44 bits per heavy atom. The first-order valence-electron chi connectivity index (χ1n) is 9.28. The normalized spacial score (nSPS) is 16.8. The van der Waals surface area contributed by atoms with Crippen LogP contribution in [0.2, 0.25) is 0 Å². The topological polar surface area (TPSA) is 84.2 Å². The van der Waals surface area contributed by atoms with Crippen LogP contribution in [0.15, 0.2) is 0 Å². The number of carbonyl (C=O) groups is 2. The van der Waals surface area contributed by atoms with Crippen molar-refractivity contribution in [1.82, 2.24) is 15.1 Å². The molecule has 1 amide bonds. The average molecular weight is 349 g/mol. The summed E-state index contributed by atoms with van der Waals surface area (Å²) in [4.78, 5) is 24.1. The fraction of sp³-hybridized carbons (Fsp3) is 0.737. The van der Waals surface area contributed by atoms with E-state index in [0.717, 1.165) is 42.8 Å². The van der Waals surface area contributed by atoms with Crippen LogP contribution < -0.4 is 5.32 Å². The third kappa shape index (κ3) is 4.61. The van der Waals surface area contributed by atoms with E-state index in [4.69, 9.17) is 0 Å². The van der Waals surface area contributed by atoms with Gasteiger partial charge in [0.15, 0.2) is 0 Å². The summed E-state index contributed by atoms with van der Waals surface area (Å²) in [5, 5.41) is 17.0. The molecule has 0 bridgehead atoms. The number of aliphatic carboxylic acids is 1. The zero-order valence-corrected chi connectivity index (χ0v) is 15.9. The number of carbonyl (C=O) groups excluding carboxylic acids is 1. The fourth-order valence-corrected chi connectivity index (χ4v) is 3.70. The number of aryl methyl sites for hydroxylation is 1. The van der Waals surface area contributed by atoms with Gasteiger partial charge in [-0.25, -0.2) is 0 Å². The van der Waals surface area contributed by atoms with E-state index in [2.05, 4.69) is 24.3 Å². The smallest absolute Gasteiger partial charge is 0.311 e. The van der Waals surface area contributed by atoms with Crippen LogP contribution in [0.1, 0.15) is 62.9 Å². The van der Waals surface area contributed by atoms with Crippen LogP contribution in [0.4, 0.5) is 0 Å². The molecule has 0 aliphatic heterocycles. The highest BCUT2D eigenvalue weighted by atomic mass is 16.4. The number of nitrogens with zero attached hydrogens (tertiary/aromatic N) is 2. The van der Waals surface area contributed by atoms with E-state index in [9.17, 15) is 14.7 Å². The van der Waals surface area contributed by atoms with Gasteiger partial charge in [0.1, 0.15) is 0 Å². The standard InChI is InChI=1S/C19H31N3O3/c1-13(2)11-22-15(4)16(14(3)21-22)10-17(23)20-12-19(18(24)25)8-6-5-7-9-19/h13H,5-12H2,1-4H3,(H,20,23)(H,24,25). The lowest BCUT2D eigenvalue weighted by Crippen LogP contribution is -2.44. The Morgan fingerprint density at radius 2 is 1.88 bits per heavy atom. The van der Waals surface area contributed by atoms with Gasteiger partial charge in [0.05, 0.1) is 17.5 Å². The molecule has 1 aliphatic rings. The second kappa shape index (κ2) is 8.02. The molecule has 140 valence electrons. The van der Waals surface area contributed by atoms with Crippen LogP contribution in [-0.4, -0.2) is 33.3 Å². The number of aromatic nitrogens is 2. The second-order valence-corrected chi connectivity index (χ2v) is 7.82. The molecule has 0 radical (unpaired) electrons. The molecule has 25 heavy (non-hydrogen) atoms. The molecule has 1 aromatic heterocycles. The van der Waals surface area contributed by atoms with Crippen LogP contribution in [0, 0.1) is 25.2 Å². The van der Waals surface area contributed by atoms with Crippen LogP contribution in [-0.2, 0) is 22.6 Å². The Hall–Kier alpha value is -1.85. The number of amides is 1. The largest absolute Gasteiger partial charge is 0.481 e. The Balaban J connectivity index is 2.00. The third-order valence-corrected chi connectivity index (χ3v) is 5.30. The average Bonchev–Trinajstić information content (AvgIpc) is 2.80. The van der Waals surface area contributed by atoms with Crippen molar-refractivity contribution in [3.63, 3.8) is 0 Å². The van der Waals surface area contributed by atoms with Crippen molar-refractivity contribution in [3.8, 4) is 0 Å². The molecular formula is C19H31N3O3. The molecule has 1 aromatic rings. The first-order chi connectivity index (χ1) is 11.7. The third-order valence-electron chi connectivity index (χ3n) is 5.30. The molecule has 1 heterocycles. The van der Waals surface area contributed by atoms with E-state index < -0.39 is 11.4 Å². The summed E-state index contributed by atoms with van der Waals surface area (Å²) < 4.78 is 1.96. The number of hydrogen-bond donors (Lipinski definition) is 2. The van der Waals surface area contributed by atoms with Crippen molar-refractivity contribution in [1.29, 1.82) is 0 Å². The van der Waals surface area contributed by atoms with E-state index in [1.54, 1.807) is 0 Å². The van der Waals surface area contributed by atoms with E-state index in [0.29, 0.717) is 18.8 Å². The van der Waals surface area contributed by atoms with Gasteiger partial charge in [0.2, 0.25) is 5.91 Å².